The highest BCUT2D eigenvalue weighted by Crippen LogP contribution is 2.19. The molecule has 2 rings (SSSR count). The van der Waals surface area contributed by atoms with Gasteiger partial charge in [0, 0.05) is 0 Å². The molecule has 1 unspecified atom stereocenters. The molecule has 0 spiro atoms. The van der Waals surface area contributed by atoms with Gasteiger partial charge >= 0.3 is 0 Å². The molecule has 2 aromatic carbocycles. The number of rotatable bonds is 3. The highest BCUT2D eigenvalue weighted by molar-refractivity contribution is 7.79. The molecule has 0 amide bonds. The fourth-order valence-corrected chi connectivity index (χ4v) is 2.09. The lowest BCUT2D eigenvalue weighted by Crippen LogP contribution is -1.88. The zero-order chi connectivity index (χ0) is 11.5. The summed E-state index contributed by atoms with van der Waals surface area (Å²) < 4.78 is 19.9. The Hall–Kier alpha value is -1.45. The van der Waals surface area contributed by atoms with Gasteiger partial charge < -0.3 is 4.55 Å². The van der Waals surface area contributed by atoms with Gasteiger partial charge in [0.05, 0.1) is 4.90 Å². The Morgan fingerprint density at radius 2 is 1.88 bits per heavy atom. The average molecular weight is 232 g/mol. The highest BCUT2D eigenvalue weighted by atomic mass is 32.2. The summed E-state index contributed by atoms with van der Waals surface area (Å²) in [5.41, 5.74) is 1.19. The molecule has 0 aliphatic heterocycles. The Labute approximate surface area is 96.9 Å². The Morgan fingerprint density at radius 1 is 1.19 bits per heavy atom. The van der Waals surface area contributed by atoms with E-state index >= 15 is 0 Å². The maximum absolute atomic E-state index is 10.9. The quantitative estimate of drug-likeness (QED) is 0.652. The van der Waals surface area contributed by atoms with Gasteiger partial charge in [-0.05, 0) is 34.9 Å². The monoisotopic (exact) mass is 232 g/mol. The number of fused-ring (bicyclic) bond motifs is 1. The second kappa shape index (κ2) is 4.60. The number of hydrogen-bond acceptors (Lipinski definition) is 1. The minimum absolute atomic E-state index is 0.434. The van der Waals surface area contributed by atoms with Gasteiger partial charge in [-0.25, -0.2) is 4.21 Å². The van der Waals surface area contributed by atoms with E-state index in [4.69, 9.17) is 4.55 Å². The molecule has 0 aliphatic rings. The van der Waals surface area contributed by atoms with Crippen molar-refractivity contribution in [3.8, 4) is 0 Å². The third-order valence-electron chi connectivity index (χ3n) is 2.46. The summed E-state index contributed by atoms with van der Waals surface area (Å²) in [5, 5.41) is 2.06. The molecular weight excluding hydrogens is 220 g/mol. The van der Waals surface area contributed by atoms with Crippen LogP contribution in [0.25, 0.3) is 10.8 Å². The lowest BCUT2D eigenvalue weighted by Gasteiger charge is -2.02. The lowest BCUT2D eigenvalue weighted by atomic mass is 10.1. The molecule has 0 saturated carbocycles. The molecule has 1 N–H and O–H groups in total. The van der Waals surface area contributed by atoms with Gasteiger partial charge in [-0.3, -0.25) is 0 Å². The van der Waals surface area contributed by atoms with E-state index in [-0.39, 0.29) is 0 Å². The number of benzene rings is 2. The summed E-state index contributed by atoms with van der Waals surface area (Å²) in [7, 11) is 0. The number of allylic oxidation sites excluding steroid dienone is 1. The van der Waals surface area contributed by atoms with Gasteiger partial charge in [-0.15, -0.1) is 6.58 Å². The van der Waals surface area contributed by atoms with E-state index in [0.29, 0.717) is 4.90 Å². The first-order valence-corrected chi connectivity index (χ1v) is 6.06. The van der Waals surface area contributed by atoms with Crippen LogP contribution in [0.2, 0.25) is 0 Å². The molecule has 3 heteroatoms. The van der Waals surface area contributed by atoms with E-state index in [1.807, 2.05) is 24.3 Å². The first kappa shape index (κ1) is 11.0. The van der Waals surface area contributed by atoms with Crippen LogP contribution in [-0.4, -0.2) is 8.76 Å². The smallest absolute Gasteiger partial charge is 0.186 e. The van der Waals surface area contributed by atoms with Crippen LogP contribution >= 0.6 is 0 Å². The van der Waals surface area contributed by atoms with E-state index in [9.17, 15) is 4.21 Å². The van der Waals surface area contributed by atoms with Gasteiger partial charge in [0.25, 0.3) is 0 Å². The maximum Gasteiger partial charge on any atom is 0.186 e. The normalized spacial score (nSPS) is 12.6. The second-order valence-electron chi connectivity index (χ2n) is 3.59. The topological polar surface area (TPSA) is 37.3 Å². The summed E-state index contributed by atoms with van der Waals surface area (Å²) in [5.74, 6) is 0. The molecule has 2 aromatic rings. The first-order chi connectivity index (χ1) is 7.70. The van der Waals surface area contributed by atoms with Crippen LogP contribution < -0.4 is 0 Å². The SMILES string of the molecule is C=CCc1ccc2cc(S(=O)O)ccc2c1. The maximum atomic E-state index is 10.9. The van der Waals surface area contributed by atoms with Crippen molar-refractivity contribution in [2.24, 2.45) is 0 Å². The molecule has 0 radical (unpaired) electrons. The average Bonchev–Trinajstić information content (AvgIpc) is 2.28. The molecule has 2 nitrogen and oxygen atoms in total. The summed E-state index contributed by atoms with van der Waals surface area (Å²) >= 11 is -1.91. The Bertz CT molecular complexity index is 561. The van der Waals surface area contributed by atoms with Crippen LogP contribution in [-0.2, 0) is 17.5 Å². The molecule has 0 saturated heterocycles. The highest BCUT2D eigenvalue weighted by Gasteiger charge is 2.01. The molecular formula is C13H12O2S. The zero-order valence-corrected chi connectivity index (χ0v) is 9.54. The number of hydrogen-bond donors (Lipinski definition) is 1. The van der Waals surface area contributed by atoms with Gasteiger partial charge in [0.1, 0.15) is 0 Å². The molecule has 0 aromatic heterocycles. The summed E-state index contributed by atoms with van der Waals surface area (Å²) in [6.45, 7) is 3.70. The van der Waals surface area contributed by atoms with Gasteiger partial charge in [0.2, 0.25) is 0 Å². The van der Waals surface area contributed by atoms with Crippen LogP contribution in [0.5, 0.6) is 0 Å². The van der Waals surface area contributed by atoms with Crippen molar-refractivity contribution >= 4 is 21.9 Å². The van der Waals surface area contributed by atoms with Crippen LogP contribution in [0.3, 0.4) is 0 Å². The Balaban J connectivity index is 2.52. The minimum Gasteiger partial charge on any atom is -0.302 e. The van der Waals surface area contributed by atoms with E-state index in [2.05, 4.69) is 12.6 Å². The van der Waals surface area contributed by atoms with E-state index in [1.165, 1.54) is 5.56 Å². The molecule has 16 heavy (non-hydrogen) atoms. The van der Waals surface area contributed by atoms with Gasteiger partial charge in [-0.2, -0.15) is 0 Å². The Kier molecular flexibility index (Phi) is 3.17. The van der Waals surface area contributed by atoms with Crippen molar-refractivity contribution < 1.29 is 8.76 Å². The van der Waals surface area contributed by atoms with Crippen molar-refractivity contribution in [1.82, 2.24) is 0 Å². The van der Waals surface area contributed by atoms with Crippen molar-refractivity contribution in [2.75, 3.05) is 0 Å². The van der Waals surface area contributed by atoms with Crippen LogP contribution in [0.1, 0.15) is 5.56 Å². The summed E-state index contributed by atoms with van der Waals surface area (Å²) in [4.78, 5) is 0.434. The molecule has 0 heterocycles. The van der Waals surface area contributed by atoms with Crippen molar-refractivity contribution in [2.45, 2.75) is 11.3 Å². The fraction of sp³-hybridized carbons (Fsp3) is 0.0769. The molecule has 0 fully saturated rings. The molecule has 0 aliphatic carbocycles. The first-order valence-electron chi connectivity index (χ1n) is 4.95. The molecule has 0 bridgehead atoms. The summed E-state index contributed by atoms with van der Waals surface area (Å²) in [6.07, 6.45) is 2.70. The zero-order valence-electron chi connectivity index (χ0n) is 8.72. The van der Waals surface area contributed by atoms with Crippen LogP contribution in [0.15, 0.2) is 53.9 Å². The van der Waals surface area contributed by atoms with Crippen molar-refractivity contribution in [3.63, 3.8) is 0 Å². The summed E-state index contributed by atoms with van der Waals surface area (Å²) in [6, 6.07) is 11.3. The molecule has 82 valence electrons. The second-order valence-corrected chi connectivity index (χ2v) is 4.55. The van der Waals surface area contributed by atoms with E-state index < -0.39 is 11.1 Å². The van der Waals surface area contributed by atoms with E-state index in [0.717, 1.165) is 17.2 Å². The van der Waals surface area contributed by atoms with Gasteiger partial charge in [0.15, 0.2) is 11.1 Å². The standard InChI is InChI=1S/C13H12O2S/c1-2-3-10-4-5-12-9-13(16(14)15)7-6-11(12)8-10/h2,4-9H,1,3H2,(H,14,15). The minimum atomic E-state index is -1.91. The third-order valence-corrected chi connectivity index (χ3v) is 3.11. The molecule has 1 atom stereocenters. The van der Waals surface area contributed by atoms with E-state index in [1.54, 1.807) is 12.1 Å². The third kappa shape index (κ3) is 2.21. The Morgan fingerprint density at radius 3 is 2.56 bits per heavy atom. The van der Waals surface area contributed by atoms with Crippen LogP contribution in [0.4, 0.5) is 0 Å². The van der Waals surface area contributed by atoms with Crippen molar-refractivity contribution in [3.05, 3.63) is 54.6 Å². The van der Waals surface area contributed by atoms with Crippen molar-refractivity contribution in [1.29, 1.82) is 0 Å². The van der Waals surface area contributed by atoms with Gasteiger partial charge in [-0.1, -0.05) is 30.3 Å². The fourth-order valence-electron chi connectivity index (χ4n) is 1.68. The van der Waals surface area contributed by atoms with Crippen LogP contribution in [0, 0.1) is 0 Å². The lowest BCUT2D eigenvalue weighted by molar-refractivity contribution is 0.564. The predicted molar refractivity (Wildman–Crippen MR) is 66.9 cm³/mol. The largest absolute Gasteiger partial charge is 0.302 e. The predicted octanol–water partition coefficient (Wildman–Crippen LogP) is 3.15.